The Balaban J connectivity index is 1.92. The minimum absolute atomic E-state index is 0.00660. The monoisotopic (exact) mass is 539 g/mol. The molecular weight excluding hydrogens is 506 g/mol. The molecule has 0 aliphatic rings. The number of benzene rings is 2. The van der Waals surface area contributed by atoms with Crippen LogP contribution < -0.4 is 20.1 Å². The molecule has 2 heterocycles. The second-order valence-corrected chi connectivity index (χ2v) is 10.4. The van der Waals surface area contributed by atoms with E-state index in [4.69, 9.17) is 18.9 Å². The average Bonchev–Trinajstić information content (AvgIpc) is 3.39. The van der Waals surface area contributed by atoms with E-state index in [0.717, 1.165) is 37.4 Å². The van der Waals surface area contributed by atoms with Crippen molar-refractivity contribution < 1.29 is 28.5 Å². The van der Waals surface area contributed by atoms with Crippen molar-refractivity contribution in [3.05, 3.63) is 53.6 Å². The Bertz CT molecular complexity index is 1460. The summed E-state index contributed by atoms with van der Waals surface area (Å²) < 4.78 is 25.5. The Morgan fingerprint density at radius 3 is 2.05 bits per heavy atom. The summed E-state index contributed by atoms with van der Waals surface area (Å²) in [5.74, 6) is 1.17. The summed E-state index contributed by atoms with van der Waals surface area (Å²) in [7, 11) is 3.17. The summed E-state index contributed by atoms with van der Waals surface area (Å²) >= 11 is 1.59. The quantitative estimate of drug-likeness (QED) is 0.266. The number of fused-ring (bicyclic) bond motifs is 3. The molecule has 0 spiro atoms. The molecule has 202 valence electrons. The molecule has 2 amide bonds. The maximum absolute atomic E-state index is 12.5. The third-order valence-electron chi connectivity index (χ3n) is 5.81. The lowest BCUT2D eigenvalue weighted by molar-refractivity contribution is 0.130. The first-order chi connectivity index (χ1) is 18.2. The molecule has 2 aromatic heterocycles. The van der Waals surface area contributed by atoms with Crippen LogP contribution in [0.25, 0.3) is 26.3 Å². The molecule has 4 aromatic rings. The van der Waals surface area contributed by atoms with Gasteiger partial charge >= 0.3 is 12.2 Å². The summed E-state index contributed by atoms with van der Waals surface area (Å²) in [4.78, 5) is 25.8. The van der Waals surface area contributed by atoms with Gasteiger partial charge in [0.2, 0.25) is 0 Å². The Hall–Kier alpha value is -3.92. The van der Waals surface area contributed by atoms with Crippen LogP contribution in [0, 0.1) is 0 Å². The lowest BCUT2D eigenvalue weighted by atomic mass is 10.0. The van der Waals surface area contributed by atoms with E-state index >= 15 is 0 Å². The van der Waals surface area contributed by atoms with Crippen molar-refractivity contribution in [2.24, 2.45) is 0 Å². The van der Waals surface area contributed by atoms with E-state index in [9.17, 15) is 9.59 Å². The van der Waals surface area contributed by atoms with Crippen LogP contribution >= 0.6 is 11.3 Å². The first-order valence-corrected chi connectivity index (χ1v) is 13.2. The van der Waals surface area contributed by atoms with Gasteiger partial charge in [0.1, 0.15) is 18.0 Å². The SMILES string of the molecule is COc1ccc(-c2c(COC(=O)NC(C)C)c(COC(=O)NC(C)C)c3sc4ccccc4n23)cc1OC. The highest BCUT2D eigenvalue weighted by Gasteiger charge is 2.26. The summed E-state index contributed by atoms with van der Waals surface area (Å²) in [6.45, 7) is 7.45. The molecule has 0 aliphatic heterocycles. The van der Waals surface area contributed by atoms with Gasteiger partial charge in [-0.3, -0.25) is 4.40 Å². The highest BCUT2D eigenvalue weighted by molar-refractivity contribution is 7.24. The van der Waals surface area contributed by atoms with Gasteiger partial charge in [0.25, 0.3) is 0 Å². The number of hydrogen-bond acceptors (Lipinski definition) is 7. The van der Waals surface area contributed by atoms with E-state index in [-0.39, 0.29) is 25.3 Å². The van der Waals surface area contributed by atoms with Crippen LogP contribution in [0.3, 0.4) is 0 Å². The number of alkyl carbamates (subject to hydrolysis) is 2. The van der Waals surface area contributed by atoms with Gasteiger partial charge in [0, 0.05) is 28.8 Å². The minimum atomic E-state index is -0.526. The third-order valence-corrected chi connectivity index (χ3v) is 7.00. The Morgan fingerprint density at radius 1 is 0.842 bits per heavy atom. The van der Waals surface area contributed by atoms with Crippen LogP contribution in [0.5, 0.6) is 11.5 Å². The fraction of sp³-hybridized carbons (Fsp3) is 0.357. The Kier molecular flexibility index (Phi) is 8.31. The van der Waals surface area contributed by atoms with Crippen LogP contribution in [-0.2, 0) is 22.7 Å². The van der Waals surface area contributed by atoms with Crippen LogP contribution in [0.1, 0.15) is 38.8 Å². The van der Waals surface area contributed by atoms with Gasteiger partial charge in [0.15, 0.2) is 11.5 Å². The number of carbonyl (C=O) groups is 2. The molecule has 9 nitrogen and oxygen atoms in total. The van der Waals surface area contributed by atoms with Gasteiger partial charge in [-0.2, -0.15) is 0 Å². The number of ether oxygens (including phenoxy) is 4. The van der Waals surface area contributed by atoms with Crippen molar-refractivity contribution in [3.8, 4) is 22.8 Å². The maximum atomic E-state index is 12.5. The van der Waals surface area contributed by atoms with Gasteiger partial charge in [-0.15, -0.1) is 11.3 Å². The summed E-state index contributed by atoms with van der Waals surface area (Å²) in [5, 5.41) is 5.51. The molecule has 0 atom stereocenters. The molecule has 2 N–H and O–H groups in total. The molecule has 0 fully saturated rings. The zero-order chi connectivity index (χ0) is 27.4. The molecule has 0 unspecified atom stereocenters. The van der Waals surface area contributed by atoms with Crippen LogP contribution in [0.15, 0.2) is 42.5 Å². The van der Waals surface area contributed by atoms with E-state index in [0.29, 0.717) is 11.5 Å². The number of nitrogens with zero attached hydrogens (tertiary/aromatic N) is 1. The number of amides is 2. The minimum Gasteiger partial charge on any atom is -0.493 e. The van der Waals surface area contributed by atoms with Gasteiger partial charge in [-0.25, -0.2) is 9.59 Å². The fourth-order valence-electron chi connectivity index (χ4n) is 4.23. The van der Waals surface area contributed by atoms with Crippen LogP contribution in [-0.4, -0.2) is 42.9 Å². The highest BCUT2D eigenvalue weighted by Crippen LogP contribution is 2.42. The number of nitrogens with one attached hydrogen (secondary N) is 2. The van der Waals surface area contributed by atoms with E-state index in [1.165, 1.54) is 0 Å². The third kappa shape index (κ3) is 5.65. The molecule has 0 saturated carbocycles. The topological polar surface area (TPSA) is 99.5 Å². The second kappa shape index (κ2) is 11.6. The number of para-hydroxylation sites is 1. The van der Waals surface area contributed by atoms with Crippen molar-refractivity contribution in [2.45, 2.75) is 53.0 Å². The van der Waals surface area contributed by atoms with Gasteiger partial charge < -0.3 is 29.6 Å². The van der Waals surface area contributed by atoms with E-state index in [2.05, 4.69) is 15.0 Å². The van der Waals surface area contributed by atoms with Crippen LogP contribution in [0.2, 0.25) is 0 Å². The molecule has 0 aliphatic carbocycles. The smallest absolute Gasteiger partial charge is 0.407 e. The van der Waals surface area contributed by atoms with Crippen LogP contribution in [0.4, 0.5) is 9.59 Å². The normalized spacial score (nSPS) is 11.3. The van der Waals surface area contributed by atoms with Gasteiger partial charge in [-0.1, -0.05) is 12.1 Å². The average molecular weight is 540 g/mol. The Labute approximate surface area is 225 Å². The van der Waals surface area contributed by atoms with Crippen molar-refractivity contribution >= 4 is 38.6 Å². The lowest BCUT2D eigenvalue weighted by Gasteiger charge is -2.14. The lowest BCUT2D eigenvalue weighted by Crippen LogP contribution is -2.31. The van der Waals surface area contributed by atoms with Crippen molar-refractivity contribution in [2.75, 3.05) is 14.2 Å². The fourth-order valence-corrected chi connectivity index (χ4v) is 5.44. The maximum Gasteiger partial charge on any atom is 0.407 e. The van der Waals surface area contributed by atoms with Gasteiger partial charge in [-0.05, 0) is 58.0 Å². The summed E-state index contributed by atoms with van der Waals surface area (Å²) in [6, 6.07) is 13.6. The van der Waals surface area contributed by atoms with Crippen molar-refractivity contribution in [3.63, 3.8) is 0 Å². The molecule has 10 heteroatoms. The zero-order valence-electron chi connectivity index (χ0n) is 22.4. The number of carbonyl (C=O) groups excluding carboxylic acids is 2. The predicted molar refractivity (Wildman–Crippen MR) is 148 cm³/mol. The van der Waals surface area contributed by atoms with Crippen molar-refractivity contribution in [1.82, 2.24) is 15.0 Å². The standard InChI is InChI=1S/C28H33N3O6S/c1-16(2)29-27(32)36-14-19-20(15-37-28(33)30-17(3)4)26-31(21-9-7-8-10-24(21)38-26)25(19)18-11-12-22(34-5)23(13-18)35-6/h7-13,16-17H,14-15H2,1-6H3,(H,29,32)(H,30,33). The number of thiazole rings is 1. The molecule has 38 heavy (non-hydrogen) atoms. The molecule has 0 bridgehead atoms. The number of rotatable bonds is 9. The molecule has 4 rings (SSSR count). The molecule has 0 saturated heterocycles. The zero-order valence-corrected chi connectivity index (χ0v) is 23.2. The van der Waals surface area contributed by atoms with Crippen molar-refractivity contribution in [1.29, 1.82) is 0 Å². The molecule has 2 aromatic carbocycles. The largest absolute Gasteiger partial charge is 0.493 e. The number of hydrogen-bond donors (Lipinski definition) is 2. The van der Waals surface area contributed by atoms with E-state index < -0.39 is 12.2 Å². The Morgan fingerprint density at radius 2 is 1.45 bits per heavy atom. The number of methoxy groups -OCH3 is 2. The van der Waals surface area contributed by atoms with Gasteiger partial charge in [0.05, 0.1) is 30.1 Å². The van der Waals surface area contributed by atoms with E-state index in [1.54, 1.807) is 25.6 Å². The van der Waals surface area contributed by atoms with E-state index in [1.807, 2.05) is 70.2 Å². The first-order valence-electron chi connectivity index (χ1n) is 12.4. The predicted octanol–water partition coefficient (Wildman–Crippen LogP) is 6.11. The molecular formula is C28H33N3O6S. The highest BCUT2D eigenvalue weighted by atomic mass is 32.1. The molecule has 0 radical (unpaired) electrons. The second-order valence-electron chi connectivity index (χ2n) is 9.34. The number of aromatic nitrogens is 1. The summed E-state index contributed by atoms with van der Waals surface area (Å²) in [5.41, 5.74) is 4.15. The first kappa shape index (κ1) is 27.1. The summed E-state index contributed by atoms with van der Waals surface area (Å²) in [6.07, 6.45) is -1.04.